The molecular formula is C17H24ClNO3. The third-order valence-corrected chi connectivity index (χ3v) is 4.55. The Morgan fingerprint density at radius 1 is 1.50 bits per heavy atom. The number of carbonyl (C=O) groups excluding carboxylic acids is 1. The van der Waals surface area contributed by atoms with Gasteiger partial charge < -0.3 is 14.8 Å². The average molecular weight is 326 g/mol. The fourth-order valence-electron chi connectivity index (χ4n) is 3.08. The summed E-state index contributed by atoms with van der Waals surface area (Å²) in [6.07, 6.45) is 3.66. The first-order valence-corrected chi connectivity index (χ1v) is 8.17. The van der Waals surface area contributed by atoms with Crippen LogP contribution in [0.15, 0.2) is 18.2 Å². The standard InChI is InChI=1S/C17H24ClNO3/c1-4-22-15-8-7-13(10-14(15)18)19-16(20)17(21-3)9-5-6-12(2)11-17/h7-8,10,12H,4-6,9,11H2,1-3H3,(H,19,20). The molecule has 0 bridgehead atoms. The Hall–Kier alpha value is -1.26. The predicted octanol–water partition coefficient (Wildman–Crippen LogP) is 4.27. The Kier molecular flexibility index (Phi) is 5.70. The zero-order valence-corrected chi connectivity index (χ0v) is 14.2. The molecule has 122 valence electrons. The largest absolute Gasteiger partial charge is 0.492 e. The normalized spacial score (nSPS) is 24.8. The van der Waals surface area contributed by atoms with Crippen LogP contribution in [0, 0.1) is 5.92 Å². The third-order valence-electron chi connectivity index (χ3n) is 4.25. The summed E-state index contributed by atoms with van der Waals surface area (Å²) in [5.74, 6) is 1.01. The summed E-state index contributed by atoms with van der Waals surface area (Å²) < 4.78 is 11.0. The molecule has 1 N–H and O–H groups in total. The number of benzene rings is 1. The molecule has 22 heavy (non-hydrogen) atoms. The fourth-order valence-corrected chi connectivity index (χ4v) is 3.32. The minimum Gasteiger partial charge on any atom is -0.492 e. The average Bonchev–Trinajstić information content (AvgIpc) is 2.50. The molecule has 0 radical (unpaired) electrons. The molecule has 0 saturated heterocycles. The first-order valence-electron chi connectivity index (χ1n) is 7.79. The summed E-state index contributed by atoms with van der Waals surface area (Å²) in [4.78, 5) is 12.7. The van der Waals surface area contributed by atoms with Gasteiger partial charge in [0.25, 0.3) is 5.91 Å². The van der Waals surface area contributed by atoms with Gasteiger partial charge in [0, 0.05) is 12.8 Å². The topological polar surface area (TPSA) is 47.6 Å². The monoisotopic (exact) mass is 325 g/mol. The second kappa shape index (κ2) is 7.34. The van der Waals surface area contributed by atoms with Crippen molar-refractivity contribution in [2.45, 2.75) is 45.1 Å². The maximum absolute atomic E-state index is 12.7. The van der Waals surface area contributed by atoms with Gasteiger partial charge in [-0.3, -0.25) is 4.79 Å². The van der Waals surface area contributed by atoms with Crippen molar-refractivity contribution in [3.8, 4) is 5.75 Å². The number of hydrogen-bond donors (Lipinski definition) is 1. The maximum Gasteiger partial charge on any atom is 0.256 e. The molecule has 0 heterocycles. The number of methoxy groups -OCH3 is 1. The smallest absolute Gasteiger partial charge is 0.256 e. The van der Waals surface area contributed by atoms with Crippen LogP contribution in [0.1, 0.15) is 39.5 Å². The van der Waals surface area contributed by atoms with Gasteiger partial charge in [-0.15, -0.1) is 0 Å². The highest BCUT2D eigenvalue weighted by Crippen LogP contribution is 2.36. The van der Waals surface area contributed by atoms with E-state index in [1.54, 1.807) is 25.3 Å². The minimum atomic E-state index is -0.733. The summed E-state index contributed by atoms with van der Waals surface area (Å²) >= 11 is 6.16. The van der Waals surface area contributed by atoms with E-state index < -0.39 is 5.60 Å². The number of carbonyl (C=O) groups is 1. The van der Waals surface area contributed by atoms with E-state index in [9.17, 15) is 4.79 Å². The lowest BCUT2D eigenvalue weighted by molar-refractivity contribution is -0.143. The van der Waals surface area contributed by atoms with Crippen LogP contribution in [0.5, 0.6) is 5.75 Å². The second-order valence-corrected chi connectivity index (χ2v) is 6.34. The van der Waals surface area contributed by atoms with Gasteiger partial charge in [-0.05, 0) is 50.3 Å². The first-order chi connectivity index (χ1) is 10.5. The van der Waals surface area contributed by atoms with Crippen molar-refractivity contribution in [1.29, 1.82) is 0 Å². The number of rotatable bonds is 5. The minimum absolute atomic E-state index is 0.0956. The van der Waals surface area contributed by atoms with Gasteiger partial charge in [0.1, 0.15) is 11.4 Å². The summed E-state index contributed by atoms with van der Waals surface area (Å²) in [5.41, 5.74) is -0.0731. The Labute approximate surface area is 137 Å². The molecule has 1 amide bonds. The van der Waals surface area contributed by atoms with E-state index in [0.717, 1.165) is 25.7 Å². The van der Waals surface area contributed by atoms with E-state index in [2.05, 4.69) is 12.2 Å². The zero-order valence-electron chi connectivity index (χ0n) is 13.4. The molecule has 1 aliphatic rings. The van der Waals surface area contributed by atoms with Crippen LogP contribution >= 0.6 is 11.6 Å². The molecule has 1 aliphatic carbocycles. The first kappa shape index (κ1) is 17.1. The van der Waals surface area contributed by atoms with Gasteiger partial charge in [-0.25, -0.2) is 0 Å². The molecule has 2 rings (SSSR count). The van der Waals surface area contributed by atoms with Crippen molar-refractivity contribution in [3.05, 3.63) is 23.2 Å². The van der Waals surface area contributed by atoms with Gasteiger partial charge in [0.05, 0.1) is 11.6 Å². The van der Waals surface area contributed by atoms with Gasteiger partial charge in [0.2, 0.25) is 0 Å². The van der Waals surface area contributed by atoms with Crippen LogP contribution in [-0.4, -0.2) is 25.2 Å². The number of amides is 1. The molecule has 5 heteroatoms. The molecule has 0 spiro atoms. The van der Waals surface area contributed by atoms with E-state index in [1.807, 2.05) is 6.92 Å². The van der Waals surface area contributed by atoms with Crippen molar-refractivity contribution < 1.29 is 14.3 Å². The molecule has 2 atom stereocenters. The molecule has 1 saturated carbocycles. The van der Waals surface area contributed by atoms with Gasteiger partial charge in [-0.1, -0.05) is 24.9 Å². The molecule has 0 aromatic heterocycles. The number of ether oxygens (including phenoxy) is 2. The van der Waals surface area contributed by atoms with Crippen molar-refractivity contribution >= 4 is 23.2 Å². The van der Waals surface area contributed by atoms with Crippen molar-refractivity contribution in [1.82, 2.24) is 0 Å². The third kappa shape index (κ3) is 3.73. The van der Waals surface area contributed by atoms with E-state index in [1.165, 1.54) is 0 Å². The highest BCUT2D eigenvalue weighted by atomic mass is 35.5. The zero-order chi connectivity index (χ0) is 16.2. The molecule has 2 unspecified atom stereocenters. The molecular weight excluding hydrogens is 302 g/mol. The highest BCUT2D eigenvalue weighted by Gasteiger charge is 2.42. The molecule has 4 nitrogen and oxygen atoms in total. The Morgan fingerprint density at radius 2 is 2.27 bits per heavy atom. The quantitative estimate of drug-likeness (QED) is 0.879. The van der Waals surface area contributed by atoms with Crippen molar-refractivity contribution in [2.24, 2.45) is 5.92 Å². The van der Waals surface area contributed by atoms with Crippen LogP contribution in [0.4, 0.5) is 5.69 Å². The number of halogens is 1. The van der Waals surface area contributed by atoms with Crippen LogP contribution in [0.3, 0.4) is 0 Å². The van der Waals surface area contributed by atoms with E-state index >= 15 is 0 Å². The lowest BCUT2D eigenvalue weighted by Gasteiger charge is -2.37. The van der Waals surface area contributed by atoms with E-state index in [4.69, 9.17) is 21.1 Å². The van der Waals surface area contributed by atoms with Gasteiger partial charge in [-0.2, -0.15) is 0 Å². The molecule has 1 aromatic rings. The molecule has 0 aliphatic heterocycles. The van der Waals surface area contributed by atoms with Gasteiger partial charge in [0.15, 0.2) is 0 Å². The summed E-state index contributed by atoms with van der Waals surface area (Å²) in [7, 11) is 1.61. The second-order valence-electron chi connectivity index (χ2n) is 5.93. The number of anilines is 1. The Balaban J connectivity index is 2.12. The van der Waals surface area contributed by atoms with E-state index in [-0.39, 0.29) is 5.91 Å². The molecule has 1 aromatic carbocycles. The fraction of sp³-hybridized carbons (Fsp3) is 0.588. The Bertz CT molecular complexity index is 535. The molecule has 1 fully saturated rings. The van der Waals surface area contributed by atoms with Crippen molar-refractivity contribution in [2.75, 3.05) is 19.0 Å². The predicted molar refractivity (Wildman–Crippen MR) is 88.6 cm³/mol. The Morgan fingerprint density at radius 3 is 2.86 bits per heavy atom. The summed E-state index contributed by atoms with van der Waals surface area (Å²) in [6.45, 7) is 4.61. The summed E-state index contributed by atoms with van der Waals surface area (Å²) in [6, 6.07) is 5.27. The number of hydrogen-bond acceptors (Lipinski definition) is 3. The summed E-state index contributed by atoms with van der Waals surface area (Å²) in [5, 5.41) is 3.42. The SMILES string of the molecule is CCOc1ccc(NC(=O)C2(OC)CCCC(C)C2)cc1Cl. The lowest BCUT2D eigenvalue weighted by atomic mass is 9.78. The highest BCUT2D eigenvalue weighted by molar-refractivity contribution is 6.32. The van der Waals surface area contributed by atoms with E-state index in [0.29, 0.717) is 29.0 Å². The van der Waals surface area contributed by atoms with Crippen LogP contribution in [0.25, 0.3) is 0 Å². The van der Waals surface area contributed by atoms with Crippen LogP contribution < -0.4 is 10.1 Å². The lowest BCUT2D eigenvalue weighted by Crippen LogP contribution is -2.47. The van der Waals surface area contributed by atoms with Crippen LogP contribution in [-0.2, 0) is 9.53 Å². The van der Waals surface area contributed by atoms with Crippen molar-refractivity contribution in [3.63, 3.8) is 0 Å². The maximum atomic E-state index is 12.7. The van der Waals surface area contributed by atoms with Gasteiger partial charge >= 0.3 is 0 Å². The van der Waals surface area contributed by atoms with Crippen LogP contribution in [0.2, 0.25) is 5.02 Å². The number of nitrogens with one attached hydrogen (secondary N) is 1.